The molecule has 3 atom stereocenters. The molecule has 1 unspecified atom stereocenters. The van der Waals surface area contributed by atoms with Crippen LogP contribution in [0.3, 0.4) is 0 Å². The Labute approximate surface area is 318 Å². The predicted molar refractivity (Wildman–Crippen MR) is 199 cm³/mol. The van der Waals surface area contributed by atoms with Gasteiger partial charge in [0.15, 0.2) is 5.13 Å². The fourth-order valence-electron chi connectivity index (χ4n) is 5.40. The number of thioether (sulfide) groups is 2. The molecule has 3 aromatic rings. The number of aromatic nitrogens is 2. The summed E-state index contributed by atoms with van der Waals surface area (Å²) in [4.78, 5) is 64.2. The zero-order valence-electron chi connectivity index (χ0n) is 30.0. The Kier molecular flexibility index (Phi) is 12.4. The lowest BCUT2D eigenvalue weighted by atomic mass is 10.00. The first kappa shape index (κ1) is 39.2. The van der Waals surface area contributed by atoms with Crippen molar-refractivity contribution in [3.8, 4) is 11.5 Å². The normalized spacial score (nSPS) is 18.2. The van der Waals surface area contributed by atoms with Crippen LogP contribution in [-0.4, -0.2) is 84.1 Å². The van der Waals surface area contributed by atoms with E-state index in [1.807, 2.05) is 0 Å². The number of rotatable bonds is 13. The van der Waals surface area contributed by atoms with Crippen molar-refractivity contribution in [2.24, 2.45) is 5.16 Å². The molecule has 0 radical (unpaired) electrons. The number of oxime groups is 1. The number of nitrogens with one attached hydrogen (secondary N) is 2. The lowest BCUT2D eigenvalue weighted by molar-refractivity contribution is -0.649. The molecule has 1 aromatic carbocycles. The van der Waals surface area contributed by atoms with E-state index < -0.39 is 46.1 Å². The van der Waals surface area contributed by atoms with E-state index in [1.165, 1.54) is 58.7 Å². The number of benzene rings is 1. The number of nitrogens with two attached hydrogens (primary N) is 1. The number of nitrogens with zero attached hydrogens (tertiary/aromatic N) is 4. The number of amides is 3. The summed E-state index contributed by atoms with van der Waals surface area (Å²) in [5.74, 6) is -0.570. The summed E-state index contributed by atoms with van der Waals surface area (Å²) < 4.78 is 23.7. The van der Waals surface area contributed by atoms with Gasteiger partial charge in [0.1, 0.15) is 48.4 Å². The Balaban J connectivity index is 1.51. The average molecular weight is 787 g/mol. The van der Waals surface area contributed by atoms with Crippen LogP contribution < -0.4 is 30.6 Å². The highest BCUT2D eigenvalue weighted by molar-refractivity contribution is 8.01. The van der Waals surface area contributed by atoms with Crippen LogP contribution in [-0.2, 0) is 35.3 Å². The molecule has 0 aliphatic carbocycles. The average Bonchev–Trinajstić information content (AvgIpc) is 3.56. The van der Waals surface area contributed by atoms with E-state index in [9.17, 15) is 19.2 Å². The second kappa shape index (κ2) is 16.8. The molecule has 2 aliphatic rings. The maximum atomic E-state index is 14.2. The summed E-state index contributed by atoms with van der Waals surface area (Å²) >= 11 is 3.94. The molecular formula is C34H40N7O9S3+. The van der Waals surface area contributed by atoms with Crippen LogP contribution in [0.5, 0.6) is 11.5 Å². The van der Waals surface area contributed by atoms with Gasteiger partial charge in [0.25, 0.3) is 17.5 Å². The first-order valence-corrected chi connectivity index (χ1v) is 18.9. The van der Waals surface area contributed by atoms with Gasteiger partial charge in [-0.25, -0.2) is 14.6 Å². The topological polar surface area (TPSA) is 197 Å². The smallest absolute Gasteiger partial charge is 0.461 e. The van der Waals surface area contributed by atoms with Crippen LogP contribution in [0.4, 0.5) is 9.93 Å². The molecule has 5 rings (SSSR count). The van der Waals surface area contributed by atoms with Gasteiger partial charge in [0.05, 0.1) is 30.1 Å². The Morgan fingerprint density at radius 1 is 1.13 bits per heavy atom. The van der Waals surface area contributed by atoms with E-state index >= 15 is 0 Å². The largest absolute Gasteiger partial charge is 0.497 e. The van der Waals surface area contributed by atoms with Crippen molar-refractivity contribution >= 4 is 70.1 Å². The van der Waals surface area contributed by atoms with Gasteiger partial charge < -0.3 is 34.8 Å². The van der Waals surface area contributed by atoms with Crippen molar-refractivity contribution in [1.82, 2.24) is 15.2 Å². The molecule has 2 aromatic heterocycles. The highest BCUT2D eigenvalue weighted by Crippen LogP contribution is 2.53. The standard InChI is InChI=1S/C34H39N7O9S3/c1-18-27(47-6)23(12-13-40(18)39-33(45)50-34(2,3)4)51-16-21-26(31(44)49-15-19-8-10-20(46-5)11-9-19)41-29(43)25(38-24(42)14-36-48-7)30(41)53-28(21)22-17-52-32(35)37-22/h8-14,17,25,28,30H,15-16H2,1-7H3,(H3-,35,37,38,39,42,45)/p+1/b36-14-/t25-,28?,30-/m1/s1. The molecule has 19 heteroatoms. The molecule has 4 N–H and O–H groups in total. The van der Waals surface area contributed by atoms with Crippen molar-refractivity contribution in [3.63, 3.8) is 0 Å². The Bertz CT molecular complexity index is 1930. The van der Waals surface area contributed by atoms with E-state index in [2.05, 4.69) is 25.7 Å². The number of esters is 1. The zero-order valence-corrected chi connectivity index (χ0v) is 32.5. The van der Waals surface area contributed by atoms with E-state index in [1.54, 1.807) is 76.7 Å². The van der Waals surface area contributed by atoms with Crippen LogP contribution in [0, 0.1) is 6.92 Å². The second-order valence-corrected chi connectivity index (χ2v) is 15.6. The molecule has 4 heterocycles. The van der Waals surface area contributed by atoms with Gasteiger partial charge in [-0.05, 0) is 44.0 Å². The van der Waals surface area contributed by atoms with Crippen molar-refractivity contribution in [2.45, 2.75) is 61.5 Å². The molecule has 0 bridgehead atoms. The van der Waals surface area contributed by atoms with Gasteiger partial charge in [-0.3, -0.25) is 14.5 Å². The molecule has 53 heavy (non-hydrogen) atoms. The highest BCUT2D eigenvalue weighted by Gasteiger charge is 2.57. The number of β-lactam (4-membered cyclic amide) rings is 1. The maximum Gasteiger partial charge on any atom is 0.461 e. The highest BCUT2D eigenvalue weighted by atomic mass is 32.2. The van der Waals surface area contributed by atoms with Crippen molar-refractivity contribution in [3.05, 3.63) is 70.1 Å². The molecule has 282 valence electrons. The van der Waals surface area contributed by atoms with Crippen LogP contribution in [0.15, 0.2) is 63.2 Å². The molecule has 0 saturated carbocycles. The molecular weight excluding hydrogens is 747 g/mol. The third-order valence-electron chi connectivity index (χ3n) is 7.77. The van der Waals surface area contributed by atoms with Gasteiger partial charge >= 0.3 is 12.1 Å². The number of ether oxygens (including phenoxy) is 4. The van der Waals surface area contributed by atoms with Gasteiger partial charge in [-0.2, -0.15) is 0 Å². The van der Waals surface area contributed by atoms with Crippen LogP contribution >= 0.6 is 34.9 Å². The first-order valence-electron chi connectivity index (χ1n) is 16.1. The third-order valence-corrected chi connectivity index (χ3v) is 11.1. The quantitative estimate of drug-likeness (QED) is 0.0568. The Morgan fingerprint density at radius 2 is 1.87 bits per heavy atom. The zero-order chi connectivity index (χ0) is 38.4. The summed E-state index contributed by atoms with van der Waals surface area (Å²) in [7, 11) is 4.36. The molecule has 16 nitrogen and oxygen atoms in total. The van der Waals surface area contributed by atoms with E-state index in [-0.39, 0.29) is 18.1 Å². The summed E-state index contributed by atoms with van der Waals surface area (Å²) in [6.45, 7) is 6.99. The van der Waals surface area contributed by atoms with Crippen LogP contribution in [0.2, 0.25) is 0 Å². The van der Waals surface area contributed by atoms with Crippen molar-refractivity contribution < 1.29 is 47.6 Å². The van der Waals surface area contributed by atoms with E-state index in [0.717, 1.165) is 6.21 Å². The minimum Gasteiger partial charge on any atom is -0.497 e. The van der Waals surface area contributed by atoms with E-state index in [4.69, 9.17) is 24.7 Å². The molecule has 1 saturated heterocycles. The molecule has 2 aliphatic heterocycles. The van der Waals surface area contributed by atoms with Gasteiger partial charge in [0.2, 0.25) is 11.9 Å². The number of anilines is 1. The number of hydrogen-bond donors (Lipinski definition) is 3. The second-order valence-electron chi connectivity index (χ2n) is 12.5. The lowest BCUT2D eigenvalue weighted by Gasteiger charge is -2.51. The fraction of sp³-hybridized carbons (Fsp3) is 0.382. The van der Waals surface area contributed by atoms with Crippen LogP contribution in [0.25, 0.3) is 0 Å². The van der Waals surface area contributed by atoms with Crippen molar-refractivity contribution in [1.29, 1.82) is 0 Å². The Morgan fingerprint density at radius 3 is 2.49 bits per heavy atom. The molecule has 3 amide bonds. The minimum atomic E-state index is -0.974. The van der Waals surface area contributed by atoms with E-state index in [0.29, 0.717) is 44.1 Å². The van der Waals surface area contributed by atoms with Gasteiger partial charge in [-0.15, -0.1) is 34.9 Å². The maximum absolute atomic E-state index is 14.2. The molecule has 0 spiro atoms. The minimum absolute atomic E-state index is 0.0423. The Hall–Kier alpha value is -5.01. The number of carbonyl (C=O) groups is 4. The van der Waals surface area contributed by atoms with Crippen LogP contribution in [0.1, 0.15) is 43.0 Å². The monoisotopic (exact) mass is 786 g/mol. The van der Waals surface area contributed by atoms with Crippen molar-refractivity contribution in [2.75, 3.05) is 38.2 Å². The first-order chi connectivity index (χ1) is 25.2. The predicted octanol–water partition coefficient (Wildman–Crippen LogP) is 3.68. The summed E-state index contributed by atoms with van der Waals surface area (Å²) in [5.41, 5.74) is 10.5. The third kappa shape index (κ3) is 9.14. The number of pyridine rings is 1. The number of methoxy groups -OCH3 is 2. The number of fused-ring (bicyclic) bond motifs is 1. The number of carbonyl (C=O) groups excluding carboxylic acids is 4. The molecule has 1 fully saturated rings. The SMILES string of the molecule is CO/N=C\C(=O)N[C@@H]1C(=O)N2C(C(=O)OCc3ccc(OC)cc3)=C(CSc3cc[n+](NC(=O)OC(C)(C)C)c(C)c3OC)C(c3csc(N)n3)S[C@H]12. The lowest BCUT2D eigenvalue weighted by Crippen LogP contribution is -2.71. The van der Waals surface area contributed by atoms with Gasteiger partial charge in [0, 0.05) is 24.1 Å². The van der Waals surface area contributed by atoms with Gasteiger partial charge in [-0.1, -0.05) is 27.4 Å². The summed E-state index contributed by atoms with van der Waals surface area (Å²) in [6, 6.07) is 7.83. The number of thiazole rings is 1. The number of hydrogen-bond acceptors (Lipinski definition) is 15. The number of nitrogen functional groups attached to an aromatic ring is 1. The summed E-state index contributed by atoms with van der Waals surface area (Å²) in [5, 5.41) is 7.02. The summed E-state index contributed by atoms with van der Waals surface area (Å²) in [6.07, 6.45) is 1.94. The fourth-order valence-corrected chi connectivity index (χ4v) is 8.89.